The van der Waals surface area contributed by atoms with E-state index in [-0.39, 0.29) is 0 Å². The predicted octanol–water partition coefficient (Wildman–Crippen LogP) is 8.81. The number of fused-ring (bicyclic) bond motifs is 6. The Balaban J connectivity index is 1.59. The molecular weight excluding hydrogens is 488 g/mol. The van der Waals surface area contributed by atoms with Crippen molar-refractivity contribution in [3.63, 3.8) is 0 Å². The largest absolute Gasteiger partial charge is 0.307 e. The number of benzene rings is 5. The van der Waals surface area contributed by atoms with Gasteiger partial charge in [0.15, 0.2) is 0 Å². The highest BCUT2D eigenvalue weighted by Crippen LogP contribution is 2.40. The lowest BCUT2D eigenvalue weighted by atomic mass is 9.99. The number of hydrogen-bond donors (Lipinski definition) is 0. The van der Waals surface area contributed by atoms with E-state index in [2.05, 4.69) is 123 Å². The minimum absolute atomic E-state index is 0.606. The second-order valence-corrected chi connectivity index (χ2v) is 9.98. The van der Waals surface area contributed by atoms with Gasteiger partial charge in [-0.25, -0.2) is 0 Å². The molecule has 0 spiro atoms. The summed E-state index contributed by atoms with van der Waals surface area (Å²) in [5, 5.41) is 15.2. The fraction of sp³-hybridized carbons (Fsp3) is 0. The Bertz CT molecular complexity index is 2170. The zero-order chi connectivity index (χ0) is 26.6. The van der Waals surface area contributed by atoms with E-state index in [4.69, 9.17) is 0 Å². The van der Waals surface area contributed by atoms with Crippen molar-refractivity contribution in [3.8, 4) is 28.6 Å². The van der Waals surface area contributed by atoms with Gasteiger partial charge in [0.25, 0.3) is 0 Å². The molecule has 0 unspecified atom stereocenters. The molecule has 0 amide bonds. The molecule has 5 aromatic carbocycles. The van der Waals surface area contributed by atoms with Gasteiger partial charge in [-0.05, 0) is 42.5 Å². The summed E-state index contributed by atoms with van der Waals surface area (Å²) in [4.78, 5) is 4.36. The third-order valence-electron chi connectivity index (χ3n) is 7.85. The van der Waals surface area contributed by atoms with E-state index >= 15 is 0 Å². The third kappa shape index (κ3) is 3.15. The van der Waals surface area contributed by atoms with E-state index in [1.54, 1.807) is 6.20 Å². The maximum Gasteiger partial charge on any atom is 0.0999 e. The van der Waals surface area contributed by atoms with Gasteiger partial charge in [0.2, 0.25) is 0 Å². The molecule has 0 aliphatic heterocycles. The van der Waals surface area contributed by atoms with Gasteiger partial charge in [0, 0.05) is 45.1 Å². The first kappa shape index (κ1) is 22.3. The lowest BCUT2D eigenvalue weighted by Crippen LogP contribution is -2.05. The molecule has 0 fully saturated rings. The Morgan fingerprint density at radius 3 is 1.40 bits per heavy atom. The summed E-state index contributed by atoms with van der Waals surface area (Å²) in [7, 11) is 0. The quantitative estimate of drug-likeness (QED) is 0.238. The van der Waals surface area contributed by atoms with Crippen molar-refractivity contribution in [1.82, 2.24) is 14.1 Å². The molecule has 0 saturated carbocycles. The molecule has 0 aliphatic carbocycles. The van der Waals surface area contributed by atoms with Crippen molar-refractivity contribution in [2.45, 2.75) is 0 Å². The Hall–Kier alpha value is -5.66. The van der Waals surface area contributed by atoms with Crippen LogP contribution in [0, 0.1) is 11.3 Å². The standard InChI is InChI=1S/C36H22N4/c37-22-25-20-35(39-31-15-5-1-11-26(31)27-12-2-6-16-32(27)39)36(21-30(25)24-10-9-19-38-23-24)40-33-17-7-3-13-28(33)29-14-4-8-18-34(29)40/h1-21,23H. The number of para-hydroxylation sites is 4. The summed E-state index contributed by atoms with van der Waals surface area (Å²) in [6, 6.07) is 44.7. The number of rotatable bonds is 3. The number of aromatic nitrogens is 3. The molecule has 4 heteroatoms. The Kier molecular flexibility index (Phi) is 4.85. The van der Waals surface area contributed by atoms with Crippen LogP contribution in [0.1, 0.15) is 5.56 Å². The summed E-state index contributed by atoms with van der Waals surface area (Å²) in [5.74, 6) is 0. The van der Waals surface area contributed by atoms with Crippen LogP contribution in [0.15, 0.2) is 134 Å². The van der Waals surface area contributed by atoms with Gasteiger partial charge in [0.05, 0.1) is 45.1 Å². The summed E-state index contributed by atoms with van der Waals surface area (Å²) in [5.41, 5.74) is 8.77. The normalized spacial score (nSPS) is 11.5. The molecule has 0 aliphatic rings. The maximum atomic E-state index is 10.4. The average Bonchev–Trinajstić information content (AvgIpc) is 3.54. The van der Waals surface area contributed by atoms with Crippen molar-refractivity contribution in [3.05, 3.63) is 139 Å². The van der Waals surface area contributed by atoms with Gasteiger partial charge in [-0.15, -0.1) is 0 Å². The molecule has 4 nitrogen and oxygen atoms in total. The molecule has 40 heavy (non-hydrogen) atoms. The smallest absolute Gasteiger partial charge is 0.0999 e. The zero-order valence-corrected chi connectivity index (χ0v) is 21.5. The van der Waals surface area contributed by atoms with Crippen LogP contribution in [0.3, 0.4) is 0 Å². The van der Waals surface area contributed by atoms with Crippen LogP contribution in [0.25, 0.3) is 66.1 Å². The van der Waals surface area contributed by atoms with Crippen LogP contribution in [-0.4, -0.2) is 14.1 Å². The first-order chi connectivity index (χ1) is 19.8. The molecule has 0 atom stereocenters. The fourth-order valence-corrected chi connectivity index (χ4v) is 6.15. The highest BCUT2D eigenvalue weighted by atomic mass is 15.1. The molecule has 0 radical (unpaired) electrons. The van der Waals surface area contributed by atoms with E-state index in [9.17, 15) is 5.26 Å². The Morgan fingerprint density at radius 1 is 0.525 bits per heavy atom. The van der Waals surface area contributed by atoms with Gasteiger partial charge in [-0.2, -0.15) is 5.26 Å². The molecule has 8 rings (SSSR count). The van der Waals surface area contributed by atoms with E-state index in [1.807, 2.05) is 24.4 Å². The van der Waals surface area contributed by atoms with Gasteiger partial charge in [-0.3, -0.25) is 4.98 Å². The minimum atomic E-state index is 0.606. The third-order valence-corrected chi connectivity index (χ3v) is 7.85. The fourth-order valence-electron chi connectivity index (χ4n) is 6.15. The van der Waals surface area contributed by atoms with E-state index in [0.29, 0.717) is 5.56 Å². The molecule has 0 N–H and O–H groups in total. The topological polar surface area (TPSA) is 46.5 Å². The van der Waals surface area contributed by atoms with Crippen molar-refractivity contribution in [2.75, 3.05) is 0 Å². The van der Waals surface area contributed by atoms with Crippen LogP contribution in [0.5, 0.6) is 0 Å². The second kappa shape index (κ2) is 8.69. The monoisotopic (exact) mass is 510 g/mol. The van der Waals surface area contributed by atoms with Crippen LogP contribution in [0.2, 0.25) is 0 Å². The number of nitrogens with zero attached hydrogens (tertiary/aromatic N) is 4. The van der Waals surface area contributed by atoms with Gasteiger partial charge in [0.1, 0.15) is 0 Å². The molecule has 3 aromatic heterocycles. The molecular formula is C36H22N4. The number of nitriles is 1. The lowest BCUT2D eigenvalue weighted by molar-refractivity contribution is 1.09. The van der Waals surface area contributed by atoms with Crippen molar-refractivity contribution < 1.29 is 0 Å². The number of pyridine rings is 1. The molecule has 186 valence electrons. The van der Waals surface area contributed by atoms with Crippen LogP contribution in [-0.2, 0) is 0 Å². The summed E-state index contributed by atoms with van der Waals surface area (Å²) >= 11 is 0. The van der Waals surface area contributed by atoms with Crippen LogP contribution < -0.4 is 0 Å². The molecule has 8 aromatic rings. The van der Waals surface area contributed by atoms with Crippen molar-refractivity contribution in [1.29, 1.82) is 5.26 Å². The zero-order valence-electron chi connectivity index (χ0n) is 21.5. The first-order valence-electron chi connectivity index (χ1n) is 13.3. The van der Waals surface area contributed by atoms with E-state index < -0.39 is 0 Å². The number of hydrogen-bond acceptors (Lipinski definition) is 2. The summed E-state index contributed by atoms with van der Waals surface area (Å²) < 4.78 is 4.64. The predicted molar refractivity (Wildman–Crippen MR) is 163 cm³/mol. The average molecular weight is 511 g/mol. The summed E-state index contributed by atoms with van der Waals surface area (Å²) in [6.45, 7) is 0. The molecule has 0 saturated heterocycles. The Morgan fingerprint density at radius 2 is 0.975 bits per heavy atom. The van der Waals surface area contributed by atoms with Crippen molar-refractivity contribution in [2.24, 2.45) is 0 Å². The molecule has 0 bridgehead atoms. The highest BCUT2D eigenvalue weighted by Gasteiger charge is 2.21. The van der Waals surface area contributed by atoms with Gasteiger partial charge in [-0.1, -0.05) is 78.9 Å². The van der Waals surface area contributed by atoms with Crippen molar-refractivity contribution >= 4 is 43.6 Å². The van der Waals surface area contributed by atoms with Gasteiger partial charge >= 0.3 is 0 Å². The molecule has 3 heterocycles. The maximum absolute atomic E-state index is 10.4. The van der Waals surface area contributed by atoms with Gasteiger partial charge < -0.3 is 9.13 Å². The van der Waals surface area contributed by atoms with Crippen LogP contribution in [0.4, 0.5) is 0 Å². The minimum Gasteiger partial charge on any atom is -0.307 e. The summed E-state index contributed by atoms with van der Waals surface area (Å²) in [6.07, 6.45) is 3.59. The van der Waals surface area contributed by atoms with Crippen LogP contribution >= 0.6 is 0 Å². The second-order valence-electron chi connectivity index (χ2n) is 9.98. The Labute approximate surface area is 230 Å². The first-order valence-corrected chi connectivity index (χ1v) is 13.3. The highest BCUT2D eigenvalue weighted by molar-refractivity contribution is 6.11. The lowest BCUT2D eigenvalue weighted by Gasteiger charge is -2.19. The van der Waals surface area contributed by atoms with E-state index in [1.165, 1.54) is 21.5 Å². The SMILES string of the molecule is N#Cc1cc(-n2c3ccccc3c3ccccc32)c(-n2c3ccccc3c3ccccc32)cc1-c1cccnc1. The van der Waals surface area contributed by atoms with E-state index in [0.717, 1.165) is 44.6 Å².